The lowest BCUT2D eigenvalue weighted by Crippen LogP contribution is -2.37. The molecule has 0 spiro atoms. The van der Waals surface area contributed by atoms with Gasteiger partial charge < -0.3 is 15.1 Å². The molecule has 3 amide bonds. The van der Waals surface area contributed by atoms with Crippen LogP contribution in [0.1, 0.15) is 36.6 Å². The van der Waals surface area contributed by atoms with E-state index in [9.17, 15) is 9.59 Å². The lowest BCUT2D eigenvalue weighted by molar-refractivity contribution is -0.130. The second-order valence-corrected chi connectivity index (χ2v) is 8.20. The van der Waals surface area contributed by atoms with Crippen molar-refractivity contribution >= 4 is 11.9 Å². The van der Waals surface area contributed by atoms with Crippen molar-refractivity contribution in [1.29, 1.82) is 0 Å². The van der Waals surface area contributed by atoms with Crippen molar-refractivity contribution < 1.29 is 9.59 Å². The Morgan fingerprint density at radius 3 is 2.80 bits per heavy atom. The molecule has 0 saturated heterocycles. The molecule has 158 valence electrons. The topological polar surface area (TPSA) is 78.4 Å². The Kier molecular flexibility index (Phi) is 6.26. The molecule has 0 radical (unpaired) electrons. The quantitative estimate of drug-likeness (QED) is 0.730. The number of pyridine rings is 2. The lowest BCUT2D eigenvalue weighted by atomic mass is 10.2. The highest BCUT2D eigenvalue weighted by atomic mass is 16.2. The van der Waals surface area contributed by atoms with Crippen LogP contribution in [0.25, 0.3) is 0 Å². The highest BCUT2D eigenvalue weighted by Gasteiger charge is 2.37. The van der Waals surface area contributed by atoms with Crippen LogP contribution in [0.4, 0.5) is 4.79 Å². The molecule has 3 heterocycles. The lowest BCUT2D eigenvalue weighted by Gasteiger charge is -2.21. The first kappa shape index (κ1) is 20.3. The number of rotatable bonds is 8. The minimum Gasteiger partial charge on any atom is -0.343 e. The summed E-state index contributed by atoms with van der Waals surface area (Å²) in [6, 6.07) is 7.64. The van der Waals surface area contributed by atoms with Crippen molar-refractivity contribution in [2.75, 3.05) is 19.6 Å². The maximum absolute atomic E-state index is 12.5. The molecular weight excluding hydrogens is 378 g/mol. The van der Waals surface area contributed by atoms with E-state index < -0.39 is 0 Å². The Hall–Kier alpha value is -2.96. The van der Waals surface area contributed by atoms with Crippen molar-refractivity contribution in [3.8, 4) is 0 Å². The summed E-state index contributed by atoms with van der Waals surface area (Å²) in [7, 11) is 0. The molecule has 30 heavy (non-hydrogen) atoms. The van der Waals surface area contributed by atoms with E-state index >= 15 is 0 Å². The number of amides is 3. The van der Waals surface area contributed by atoms with Gasteiger partial charge in [-0.1, -0.05) is 6.07 Å². The summed E-state index contributed by atoms with van der Waals surface area (Å²) in [6.07, 6.45) is 7.80. The van der Waals surface area contributed by atoms with Crippen LogP contribution >= 0.6 is 0 Å². The van der Waals surface area contributed by atoms with E-state index in [1.807, 2.05) is 47.2 Å². The monoisotopic (exact) mass is 407 g/mol. The van der Waals surface area contributed by atoms with E-state index in [0.717, 1.165) is 30.6 Å². The van der Waals surface area contributed by atoms with Crippen LogP contribution in [0.3, 0.4) is 0 Å². The highest BCUT2D eigenvalue weighted by Crippen LogP contribution is 2.40. The van der Waals surface area contributed by atoms with Crippen LogP contribution in [0.5, 0.6) is 0 Å². The van der Waals surface area contributed by atoms with Gasteiger partial charge in [0.15, 0.2) is 0 Å². The second-order valence-electron chi connectivity index (χ2n) is 8.20. The van der Waals surface area contributed by atoms with Gasteiger partial charge in [0.2, 0.25) is 5.91 Å². The summed E-state index contributed by atoms with van der Waals surface area (Å²) >= 11 is 0. The molecule has 7 nitrogen and oxygen atoms in total. The Morgan fingerprint density at radius 1 is 1.17 bits per heavy atom. The summed E-state index contributed by atoms with van der Waals surface area (Å²) in [5.74, 6) is 1.23. The standard InChI is InChI=1S/C23H29N5O2/c1-2-27(22(29)12-21-5-3-4-8-25-21)10-7-17-11-19(17)14-26-23(30)28-15-18-6-9-24-13-20(18)16-28/h3-6,8-9,13,17,19H,2,7,10-12,14-16H2,1H3,(H,26,30). The van der Waals surface area contributed by atoms with Gasteiger partial charge in [0.05, 0.1) is 6.42 Å². The maximum atomic E-state index is 12.5. The van der Waals surface area contributed by atoms with Gasteiger partial charge in [-0.05, 0) is 60.9 Å². The van der Waals surface area contributed by atoms with Crippen LogP contribution < -0.4 is 5.32 Å². The van der Waals surface area contributed by atoms with Crippen molar-refractivity contribution in [2.45, 2.75) is 39.3 Å². The Balaban J connectivity index is 1.15. The third-order valence-corrected chi connectivity index (χ3v) is 6.16. The van der Waals surface area contributed by atoms with Gasteiger partial charge in [0.1, 0.15) is 0 Å². The zero-order chi connectivity index (χ0) is 20.9. The number of carbonyl (C=O) groups excluding carboxylic acids is 2. The number of urea groups is 1. The number of hydrogen-bond acceptors (Lipinski definition) is 4. The zero-order valence-electron chi connectivity index (χ0n) is 17.5. The van der Waals surface area contributed by atoms with Crippen molar-refractivity contribution in [1.82, 2.24) is 25.1 Å². The van der Waals surface area contributed by atoms with Gasteiger partial charge in [0, 0.05) is 57.0 Å². The van der Waals surface area contributed by atoms with Crippen molar-refractivity contribution in [2.24, 2.45) is 11.8 Å². The summed E-state index contributed by atoms with van der Waals surface area (Å²) < 4.78 is 0. The molecule has 0 aromatic carbocycles. The molecule has 2 aliphatic rings. The molecule has 2 unspecified atom stereocenters. The minimum absolute atomic E-state index is 0.00225. The van der Waals surface area contributed by atoms with E-state index in [1.165, 1.54) is 5.56 Å². The number of nitrogens with zero attached hydrogens (tertiary/aromatic N) is 4. The smallest absolute Gasteiger partial charge is 0.318 e. The molecule has 1 aliphatic carbocycles. The molecule has 0 bridgehead atoms. The van der Waals surface area contributed by atoms with Gasteiger partial charge in [-0.15, -0.1) is 0 Å². The number of fused-ring (bicyclic) bond motifs is 1. The molecule has 4 rings (SSSR count). The average Bonchev–Trinajstić information content (AvgIpc) is 3.37. The highest BCUT2D eigenvalue weighted by molar-refractivity contribution is 5.78. The van der Waals surface area contributed by atoms with Crippen LogP contribution in [0.15, 0.2) is 42.9 Å². The molecule has 2 aromatic rings. The first-order valence-corrected chi connectivity index (χ1v) is 10.8. The molecule has 2 atom stereocenters. The number of nitrogens with one attached hydrogen (secondary N) is 1. The number of likely N-dealkylation sites (N-methyl/N-ethyl adjacent to an activating group) is 1. The van der Waals surface area contributed by atoms with E-state index in [-0.39, 0.29) is 11.9 Å². The van der Waals surface area contributed by atoms with Gasteiger partial charge in [-0.2, -0.15) is 0 Å². The fraction of sp³-hybridized carbons (Fsp3) is 0.478. The number of hydrogen-bond donors (Lipinski definition) is 1. The maximum Gasteiger partial charge on any atom is 0.318 e. The molecule has 1 saturated carbocycles. The van der Waals surface area contributed by atoms with E-state index in [1.54, 1.807) is 12.4 Å². The van der Waals surface area contributed by atoms with Crippen LogP contribution in [0.2, 0.25) is 0 Å². The third-order valence-electron chi connectivity index (χ3n) is 6.16. The molecule has 1 aliphatic heterocycles. The summed E-state index contributed by atoms with van der Waals surface area (Å²) in [5.41, 5.74) is 3.12. The molecule has 7 heteroatoms. The minimum atomic E-state index is -0.00225. The van der Waals surface area contributed by atoms with Crippen molar-refractivity contribution in [3.05, 3.63) is 59.7 Å². The fourth-order valence-electron chi connectivity index (χ4n) is 4.16. The van der Waals surface area contributed by atoms with Crippen LogP contribution in [-0.2, 0) is 24.3 Å². The Morgan fingerprint density at radius 2 is 2.03 bits per heavy atom. The molecule has 1 N–H and O–H groups in total. The van der Waals surface area contributed by atoms with E-state index in [2.05, 4.69) is 15.3 Å². The van der Waals surface area contributed by atoms with E-state index in [4.69, 9.17) is 0 Å². The van der Waals surface area contributed by atoms with Gasteiger partial charge in [-0.3, -0.25) is 14.8 Å². The van der Waals surface area contributed by atoms with Gasteiger partial charge in [-0.25, -0.2) is 4.79 Å². The third kappa shape index (κ3) is 4.96. The largest absolute Gasteiger partial charge is 0.343 e. The van der Waals surface area contributed by atoms with Gasteiger partial charge in [0.25, 0.3) is 0 Å². The SMILES string of the molecule is CCN(CCC1CC1CNC(=O)N1Cc2ccncc2C1)C(=O)Cc1ccccn1. The first-order chi connectivity index (χ1) is 14.6. The second kappa shape index (κ2) is 9.24. The average molecular weight is 408 g/mol. The molecular formula is C23H29N5O2. The number of carbonyl (C=O) groups is 2. The van der Waals surface area contributed by atoms with Crippen LogP contribution in [0, 0.1) is 11.8 Å². The summed E-state index contributed by atoms with van der Waals surface area (Å²) in [4.78, 5) is 37.1. The summed E-state index contributed by atoms with van der Waals surface area (Å²) in [6.45, 7) is 5.50. The Labute approximate surface area is 177 Å². The van der Waals surface area contributed by atoms with Crippen LogP contribution in [-0.4, -0.2) is 51.3 Å². The van der Waals surface area contributed by atoms with Crippen molar-refractivity contribution in [3.63, 3.8) is 0 Å². The Bertz CT molecular complexity index is 863. The van der Waals surface area contributed by atoms with Gasteiger partial charge >= 0.3 is 6.03 Å². The first-order valence-electron chi connectivity index (χ1n) is 10.8. The fourth-order valence-corrected chi connectivity index (χ4v) is 4.16. The summed E-state index contributed by atoms with van der Waals surface area (Å²) in [5, 5.41) is 3.09. The van der Waals surface area contributed by atoms with E-state index in [0.29, 0.717) is 44.4 Å². The number of aromatic nitrogens is 2. The molecule has 2 aromatic heterocycles. The normalized spacial score (nSPS) is 19.3. The zero-order valence-corrected chi connectivity index (χ0v) is 17.5. The molecule has 1 fully saturated rings. The predicted octanol–water partition coefficient (Wildman–Crippen LogP) is 2.62. The predicted molar refractivity (Wildman–Crippen MR) is 113 cm³/mol.